The van der Waals surface area contributed by atoms with Crippen molar-refractivity contribution >= 4 is 23.3 Å². The van der Waals surface area contributed by atoms with Crippen molar-refractivity contribution < 1.29 is 19.2 Å². The molecule has 2 rings (SSSR count). The van der Waals surface area contributed by atoms with Gasteiger partial charge >= 0.3 is 11.9 Å². The van der Waals surface area contributed by atoms with E-state index in [2.05, 4.69) is 0 Å². The molecule has 0 fully saturated rings. The van der Waals surface area contributed by atoms with Gasteiger partial charge in [0.15, 0.2) is 0 Å². The molecule has 124 valence electrons. The average molecular weight is 329 g/mol. The molecule has 0 aliphatic carbocycles. The number of benzene rings is 2. The zero-order valence-electron chi connectivity index (χ0n) is 12.9. The van der Waals surface area contributed by atoms with Crippen molar-refractivity contribution in [1.29, 1.82) is 0 Å². The number of esters is 2. The smallest absolute Gasteiger partial charge is 0.353 e. The van der Waals surface area contributed by atoms with E-state index in [0.717, 1.165) is 6.07 Å². The van der Waals surface area contributed by atoms with Crippen LogP contribution in [0.15, 0.2) is 36.4 Å². The molecule has 8 heteroatoms. The molecule has 0 aliphatic rings. The number of aryl methyl sites for hydroxylation is 2. The fraction of sp³-hybridized carbons (Fsp3) is 0.125. The zero-order valence-corrected chi connectivity index (χ0v) is 12.9. The summed E-state index contributed by atoms with van der Waals surface area (Å²) >= 11 is 0. The predicted molar refractivity (Wildman–Crippen MR) is 85.7 cm³/mol. The summed E-state index contributed by atoms with van der Waals surface area (Å²) in [7, 11) is 0. The lowest BCUT2D eigenvalue weighted by molar-refractivity contribution is -0.385. The van der Waals surface area contributed by atoms with Crippen LogP contribution in [0.4, 0.5) is 11.4 Å². The van der Waals surface area contributed by atoms with Crippen LogP contribution in [0.2, 0.25) is 0 Å². The largest absolute Gasteiger partial charge is 0.761 e. The van der Waals surface area contributed by atoms with Crippen LogP contribution in [-0.2, 0) is 4.74 Å². The molecule has 0 saturated heterocycles. The summed E-state index contributed by atoms with van der Waals surface area (Å²) < 4.78 is 4.76. The first kappa shape index (κ1) is 17.1. The van der Waals surface area contributed by atoms with Gasteiger partial charge in [-0.3, -0.25) is 10.1 Å². The van der Waals surface area contributed by atoms with Crippen LogP contribution in [-0.4, -0.2) is 16.9 Å². The molecule has 0 aliphatic heterocycles. The number of rotatable bonds is 4. The second kappa shape index (κ2) is 6.88. The van der Waals surface area contributed by atoms with Crippen molar-refractivity contribution in [2.45, 2.75) is 13.8 Å². The molecule has 0 heterocycles. The van der Waals surface area contributed by atoms with Crippen molar-refractivity contribution in [3.8, 4) is 0 Å². The third kappa shape index (κ3) is 3.23. The summed E-state index contributed by atoms with van der Waals surface area (Å²) in [5, 5.41) is 22.0. The van der Waals surface area contributed by atoms with Crippen molar-refractivity contribution in [1.82, 2.24) is 0 Å². The van der Waals surface area contributed by atoms with Gasteiger partial charge in [-0.05, 0) is 31.0 Å². The third-order valence-electron chi connectivity index (χ3n) is 3.42. The summed E-state index contributed by atoms with van der Waals surface area (Å²) in [5.74, 6) is -2.21. The monoisotopic (exact) mass is 329 g/mol. The Morgan fingerprint density at radius 2 is 1.54 bits per heavy atom. The molecule has 0 aromatic heterocycles. The van der Waals surface area contributed by atoms with Gasteiger partial charge in [-0.1, -0.05) is 24.3 Å². The first-order chi connectivity index (χ1) is 11.4. The van der Waals surface area contributed by atoms with Gasteiger partial charge in [0, 0.05) is 11.8 Å². The number of ether oxygens (including phenoxy) is 1. The van der Waals surface area contributed by atoms with Gasteiger partial charge in [-0.2, -0.15) is 0 Å². The Hall–Kier alpha value is -3.26. The molecule has 0 saturated carbocycles. The molecule has 24 heavy (non-hydrogen) atoms. The van der Waals surface area contributed by atoms with E-state index in [-0.39, 0.29) is 16.8 Å². The molecule has 0 bridgehead atoms. The number of hydrogen-bond donors (Lipinski definition) is 1. The maximum Gasteiger partial charge on any atom is 0.353 e. The topological polar surface area (TPSA) is 122 Å². The fourth-order valence-corrected chi connectivity index (χ4v) is 2.28. The zero-order chi connectivity index (χ0) is 17.9. The Kier molecular flexibility index (Phi) is 4.90. The van der Waals surface area contributed by atoms with Gasteiger partial charge in [0.1, 0.15) is 5.56 Å². The normalized spacial score (nSPS) is 10.1. The second-order valence-electron chi connectivity index (χ2n) is 5.00. The number of nitrogens with zero attached hydrogens (tertiary/aromatic N) is 1. The molecule has 2 aromatic rings. The van der Waals surface area contributed by atoms with E-state index in [1.165, 1.54) is 25.1 Å². The number of hydrogen-bond acceptors (Lipinski definition) is 7. The van der Waals surface area contributed by atoms with Crippen LogP contribution in [0.5, 0.6) is 0 Å². The minimum Gasteiger partial charge on any atom is -0.761 e. The Morgan fingerprint density at radius 1 is 1.00 bits per heavy atom. The van der Waals surface area contributed by atoms with E-state index in [9.17, 15) is 24.9 Å². The summed E-state index contributed by atoms with van der Waals surface area (Å²) in [6.45, 7) is 3.06. The summed E-state index contributed by atoms with van der Waals surface area (Å²) in [4.78, 5) is 34.8. The first-order valence-electron chi connectivity index (χ1n) is 6.85. The number of nitro benzene ring substituents is 1. The highest BCUT2D eigenvalue weighted by atomic mass is 16.6. The minimum absolute atomic E-state index is 0.0490. The van der Waals surface area contributed by atoms with Crippen molar-refractivity contribution in [3.05, 3.63) is 74.0 Å². The third-order valence-corrected chi connectivity index (χ3v) is 3.42. The molecule has 0 atom stereocenters. The standard InChI is InChI=1S/C16H13N2O6/c1-9-5-3-7-11(17-21)13(9)15(19)24-16(20)14-10(2)6-4-8-12(14)18(22)23/h3-8,17H,1-2H3/q-1. The number of nitrogens with one attached hydrogen (secondary N) is 1. The lowest BCUT2D eigenvalue weighted by atomic mass is 10.1. The average Bonchev–Trinajstić information content (AvgIpc) is 2.53. The molecule has 1 N–H and O–H groups in total. The molecule has 0 radical (unpaired) electrons. The van der Waals surface area contributed by atoms with Crippen LogP contribution < -0.4 is 5.48 Å². The quantitative estimate of drug-likeness (QED) is 0.396. The van der Waals surface area contributed by atoms with Crippen LogP contribution >= 0.6 is 0 Å². The van der Waals surface area contributed by atoms with Crippen molar-refractivity contribution in [2.75, 3.05) is 5.48 Å². The number of anilines is 1. The maximum atomic E-state index is 12.2. The maximum absolute atomic E-state index is 12.2. The van der Waals surface area contributed by atoms with Gasteiger partial charge in [0.25, 0.3) is 5.69 Å². The Balaban J connectivity index is 2.38. The minimum atomic E-state index is -1.15. The van der Waals surface area contributed by atoms with Crippen molar-refractivity contribution in [3.63, 3.8) is 0 Å². The second-order valence-corrected chi connectivity index (χ2v) is 5.00. The van der Waals surface area contributed by atoms with E-state index in [1.54, 1.807) is 24.5 Å². The molecule has 0 amide bonds. The molecular formula is C16H13N2O6-. The summed E-state index contributed by atoms with van der Waals surface area (Å²) in [6.07, 6.45) is 0. The lowest BCUT2D eigenvalue weighted by Gasteiger charge is -2.15. The van der Waals surface area contributed by atoms with Gasteiger partial charge in [0.05, 0.1) is 10.5 Å². The van der Waals surface area contributed by atoms with Crippen LogP contribution in [0.1, 0.15) is 31.8 Å². The Morgan fingerprint density at radius 3 is 2.12 bits per heavy atom. The van der Waals surface area contributed by atoms with E-state index in [4.69, 9.17) is 4.74 Å². The van der Waals surface area contributed by atoms with Gasteiger partial charge in [0.2, 0.25) is 0 Å². The number of carbonyl (C=O) groups excluding carboxylic acids is 2. The van der Waals surface area contributed by atoms with E-state index in [1.807, 2.05) is 0 Å². The molecule has 0 unspecified atom stereocenters. The van der Waals surface area contributed by atoms with Crippen LogP contribution in [0, 0.1) is 29.2 Å². The molecule has 2 aromatic carbocycles. The molecular weight excluding hydrogens is 316 g/mol. The van der Waals surface area contributed by atoms with Crippen LogP contribution in [0.3, 0.4) is 0 Å². The Labute approximate surface area is 136 Å². The number of nitro groups is 1. The summed E-state index contributed by atoms with van der Waals surface area (Å²) in [5.41, 5.74) is 1.41. The van der Waals surface area contributed by atoms with E-state index in [0.29, 0.717) is 11.1 Å². The van der Waals surface area contributed by atoms with E-state index < -0.39 is 22.5 Å². The molecule has 0 spiro atoms. The van der Waals surface area contributed by atoms with Crippen molar-refractivity contribution in [2.24, 2.45) is 0 Å². The van der Waals surface area contributed by atoms with Crippen LogP contribution in [0.25, 0.3) is 0 Å². The van der Waals surface area contributed by atoms with Gasteiger partial charge in [-0.25, -0.2) is 9.59 Å². The SMILES string of the molecule is Cc1cccc(N[O-])c1C(=O)OC(=O)c1c(C)cccc1[N+](=O)[O-]. The number of carbonyl (C=O) groups is 2. The van der Waals surface area contributed by atoms with Gasteiger partial charge in [-0.15, -0.1) is 0 Å². The summed E-state index contributed by atoms with van der Waals surface area (Å²) in [6, 6.07) is 8.54. The highest BCUT2D eigenvalue weighted by molar-refractivity contribution is 6.07. The fourth-order valence-electron chi connectivity index (χ4n) is 2.28. The predicted octanol–water partition coefficient (Wildman–Crippen LogP) is 3.12. The highest BCUT2D eigenvalue weighted by Crippen LogP contribution is 2.25. The lowest BCUT2D eigenvalue weighted by Crippen LogP contribution is -2.17. The first-order valence-corrected chi connectivity index (χ1v) is 6.85. The highest BCUT2D eigenvalue weighted by Gasteiger charge is 2.27. The Bertz CT molecular complexity index is 831. The van der Waals surface area contributed by atoms with Gasteiger partial charge < -0.3 is 15.4 Å². The molecule has 8 nitrogen and oxygen atoms in total. The van der Waals surface area contributed by atoms with E-state index >= 15 is 0 Å².